The Hall–Kier alpha value is -1.18. The highest BCUT2D eigenvalue weighted by atomic mass is 32.1. The highest BCUT2D eigenvalue weighted by Crippen LogP contribution is 2.40. The topological polar surface area (TPSA) is 71.7 Å². The number of anilines is 1. The minimum atomic E-state index is 0.0270. The van der Waals surface area contributed by atoms with Gasteiger partial charge in [-0.25, -0.2) is 4.98 Å². The Morgan fingerprint density at radius 2 is 2.08 bits per heavy atom. The highest BCUT2D eigenvalue weighted by Gasteiger charge is 2.45. The normalized spacial score (nSPS) is 32.2. The SMILES string of the molecule is CN(C)[C@@H]1C[C@@H]2CN(C(=O)c3csc(N)n3)C[C@@H]2C[C@H]1OCC1CC1. The molecule has 25 heavy (non-hydrogen) atoms. The standard InChI is InChI=1S/C18H28N4O2S/c1-21(2)15-5-12-7-22(17(23)14-10-25-18(19)20-14)8-13(12)6-16(15)24-9-11-3-4-11/h10-13,15-16H,3-9H2,1-2H3,(H2,19,20)/t12-,13+,15-,16-/m1/s1. The fourth-order valence-corrected chi connectivity index (χ4v) is 4.91. The monoisotopic (exact) mass is 364 g/mol. The van der Waals surface area contributed by atoms with Gasteiger partial charge in [-0.1, -0.05) is 0 Å². The number of ether oxygens (including phenoxy) is 1. The molecule has 4 rings (SSSR count). The van der Waals surface area contributed by atoms with Gasteiger partial charge >= 0.3 is 0 Å². The van der Waals surface area contributed by atoms with Crippen molar-refractivity contribution in [3.05, 3.63) is 11.1 Å². The Balaban J connectivity index is 1.41. The van der Waals surface area contributed by atoms with Crippen LogP contribution in [0, 0.1) is 17.8 Å². The van der Waals surface area contributed by atoms with E-state index >= 15 is 0 Å². The number of nitrogens with two attached hydrogens (primary N) is 1. The van der Waals surface area contributed by atoms with Crippen LogP contribution in [0.15, 0.2) is 5.38 Å². The van der Waals surface area contributed by atoms with Crippen LogP contribution in [0.1, 0.15) is 36.2 Å². The molecule has 1 saturated heterocycles. The molecule has 0 spiro atoms. The van der Waals surface area contributed by atoms with E-state index in [2.05, 4.69) is 24.0 Å². The van der Waals surface area contributed by atoms with E-state index < -0.39 is 0 Å². The van der Waals surface area contributed by atoms with Crippen molar-refractivity contribution in [2.45, 2.75) is 37.8 Å². The van der Waals surface area contributed by atoms with Crippen molar-refractivity contribution < 1.29 is 9.53 Å². The van der Waals surface area contributed by atoms with Gasteiger partial charge in [0.2, 0.25) is 0 Å². The molecule has 1 aromatic heterocycles. The van der Waals surface area contributed by atoms with Crippen LogP contribution in [0.5, 0.6) is 0 Å². The molecule has 2 aliphatic carbocycles. The number of nitrogen functional groups attached to an aromatic ring is 1. The molecule has 0 aromatic carbocycles. The van der Waals surface area contributed by atoms with Crippen LogP contribution in [0.3, 0.4) is 0 Å². The van der Waals surface area contributed by atoms with Crippen LogP contribution in [-0.4, -0.2) is 66.6 Å². The molecule has 0 radical (unpaired) electrons. The number of hydrogen-bond acceptors (Lipinski definition) is 6. The fourth-order valence-electron chi connectivity index (χ4n) is 4.37. The lowest BCUT2D eigenvalue weighted by Gasteiger charge is -2.41. The summed E-state index contributed by atoms with van der Waals surface area (Å²) in [5, 5.41) is 2.23. The number of rotatable bonds is 5. The average Bonchev–Trinajstić information content (AvgIpc) is 3.16. The molecule has 1 aliphatic heterocycles. The van der Waals surface area contributed by atoms with E-state index in [0.717, 1.165) is 38.5 Å². The van der Waals surface area contributed by atoms with Crippen LogP contribution >= 0.6 is 11.3 Å². The molecule has 0 unspecified atom stereocenters. The van der Waals surface area contributed by atoms with E-state index in [1.165, 1.54) is 24.2 Å². The summed E-state index contributed by atoms with van der Waals surface area (Å²) in [4.78, 5) is 21.1. The third kappa shape index (κ3) is 3.68. The number of fused-ring (bicyclic) bond motifs is 1. The van der Waals surface area contributed by atoms with Crippen LogP contribution in [0.2, 0.25) is 0 Å². The molecule has 1 amide bonds. The number of likely N-dealkylation sites (tertiary alicyclic amines) is 1. The summed E-state index contributed by atoms with van der Waals surface area (Å²) >= 11 is 1.33. The molecule has 1 aromatic rings. The van der Waals surface area contributed by atoms with Crippen LogP contribution in [0.4, 0.5) is 5.13 Å². The molecule has 3 aliphatic rings. The van der Waals surface area contributed by atoms with Gasteiger partial charge in [-0.2, -0.15) is 0 Å². The summed E-state index contributed by atoms with van der Waals surface area (Å²) in [5.41, 5.74) is 6.17. The lowest BCUT2D eigenvalue weighted by Crippen LogP contribution is -2.48. The van der Waals surface area contributed by atoms with Crippen molar-refractivity contribution in [3.8, 4) is 0 Å². The Bertz CT molecular complexity index is 630. The molecule has 7 heteroatoms. The van der Waals surface area contributed by atoms with Gasteiger partial charge in [0.25, 0.3) is 5.91 Å². The maximum atomic E-state index is 12.7. The summed E-state index contributed by atoms with van der Waals surface area (Å²) in [6.45, 7) is 2.57. The number of amides is 1. The maximum absolute atomic E-state index is 12.7. The molecular formula is C18H28N4O2S. The van der Waals surface area contributed by atoms with Crippen molar-refractivity contribution >= 4 is 22.4 Å². The highest BCUT2D eigenvalue weighted by molar-refractivity contribution is 7.13. The summed E-state index contributed by atoms with van der Waals surface area (Å²) in [7, 11) is 4.29. The first-order chi connectivity index (χ1) is 12.0. The van der Waals surface area contributed by atoms with E-state index in [1.807, 2.05) is 4.90 Å². The van der Waals surface area contributed by atoms with Gasteiger partial charge in [0.05, 0.1) is 6.10 Å². The van der Waals surface area contributed by atoms with Gasteiger partial charge < -0.3 is 20.3 Å². The Labute approximate surface area is 153 Å². The van der Waals surface area contributed by atoms with Crippen LogP contribution in [-0.2, 0) is 4.74 Å². The minimum Gasteiger partial charge on any atom is -0.376 e. The fraction of sp³-hybridized carbons (Fsp3) is 0.778. The van der Waals surface area contributed by atoms with Gasteiger partial charge in [0, 0.05) is 31.1 Å². The summed E-state index contributed by atoms with van der Waals surface area (Å²) in [6, 6.07) is 0.449. The molecule has 138 valence electrons. The van der Waals surface area contributed by atoms with Gasteiger partial charge in [0.15, 0.2) is 5.13 Å². The Morgan fingerprint density at radius 1 is 1.36 bits per heavy atom. The second-order valence-corrected chi connectivity index (χ2v) is 9.01. The van der Waals surface area contributed by atoms with Gasteiger partial charge in [-0.05, 0) is 57.5 Å². The largest absolute Gasteiger partial charge is 0.376 e. The number of carbonyl (C=O) groups excluding carboxylic acids is 1. The minimum absolute atomic E-state index is 0.0270. The molecule has 6 nitrogen and oxygen atoms in total. The molecule has 3 fully saturated rings. The average molecular weight is 365 g/mol. The predicted octanol–water partition coefficient (Wildman–Crippen LogP) is 1.93. The number of carbonyl (C=O) groups is 1. The zero-order valence-corrected chi connectivity index (χ0v) is 15.9. The quantitative estimate of drug-likeness (QED) is 0.864. The third-order valence-electron chi connectivity index (χ3n) is 6.02. The van der Waals surface area contributed by atoms with Crippen molar-refractivity contribution in [3.63, 3.8) is 0 Å². The summed E-state index contributed by atoms with van der Waals surface area (Å²) < 4.78 is 6.30. The number of hydrogen-bond donors (Lipinski definition) is 1. The van der Waals surface area contributed by atoms with Gasteiger partial charge in [-0.3, -0.25) is 4.79 Å². The second kappa shape index (κ2) is 6.85. The zero-order valence-electron chi connectivity index (χ0n) is 15.1. The van der Waals surface area contributed by atoms with Gasteiger partial charge in [-0.15, -0.1) is 11.3 Å². The number of likely N-dealkylation sites (N-methyl/N-ethyl adjacent to an activating group) is 1. The lowest BCUT2D eigenvalue weighted by atomic mass is 9.77. The van der Waals surface area contributed by atoms with Crippen molar-refractivity contribution in [1.82, 2.24) is 14.8 Å². The number of thiazole rings is 1. The Morgan fingerprint density at radius 3 is 2.68 bits per heavy atom. The molecular weight excluding hydrogens is 336 g/mol. The van der Waals surface area contributed by atoms with E-state index in [-0.39, 0.29) is 5.91 Å². The third-order valence-corrected chi connectivity index (χ3v) is 6.69. The van der Waals surface area contributed by atoms with Crippen molar-refractivity contribution in [2.24, 2.45) is 17.8 Å². The summed E-state index contributed by atoms with van der Waals surface area (Å²) in [6.07, 6.45) is 5.11. The van der Waals surface area contributed by atoms with E-state index in [0.29, 0.717) is 34.8 Å². The molecule has 2 heterocycles. The van der Waals surface area contributed by atoms with E-state index in [4.69, 9.17) is 10.5 Å². The van der Waals surface area contributed by atoms with E-state index in [1.54, 1.807) is 5.38 Å². The zero-order chi connectivity index (χ0) is 17.6. The predicted molar refractivity (Wildman–Crippen MR) is 98.6 cm³/mol. The first-order valence-electron chi connectivity index (χ1n) is 9.29. The number of aromatic nitrogens is 1. The van der Waals surface area contributed by atoms with Crippen molar-refractivity contribution in [2.75, 3.05) is 39.5 Å². The molecule has 2 N–H and O–H groups in total. The molecule has 2 saturated carbocycles. The van der Waals surface area contributed by atoms with E-state index in [9.17, 15) is 4.79 Å². The second-order valence-electron chi connectivity index (χ2n) is 8.12. The van der Waals surface area contributed by atoms with Crippen LogP contribution < -0.4 is 5.73 Å². The molecule has 0 bridgehead atoms. The maximum Gasteiger partial charge on any atom is 0.273 e. The lowest BCUT2D eigenvalue weighted by molar-refractivity contribution is -0.0493. The van der Waals surface area contributed by atoms with Gasteiger partial charge in [0.1, 0.15) is 5.69 Å². The molecule has 4 atom stereocenters. The van der Waals surface area contributed by atoms with Crippen molar-refractivity contribution in [1.29, 1.82) is 0 Å². The number of nitrogens with zero attached hydrogens (tertiary/aromatic N) is 3. The smallest absolute Gasteiger partial charge is 0.273 e. The summed E-state index contributed by atoms with van der Waals surface area (Å²) in [5.74, 6) is 1.92. The first-order valence-corrected chi connectivity index (χ1v) is 10.2. The Kier molecular flexibility index (Phi) is 4.73. The first kappa shape index (κ1) is 17.2. The van der Waals surface area contributed by atoms with Crippen LogP contribution in [0.25, 0.3) is 0 Å².